The minimum Gasteiger partial charge on any atom is -0.870 e. The van der Waals surface area contributed by atoms with Crippen molar-refractivity contribution in [3.8, 4) is 11.4 Å². The molecule has 53 heavy (non-hydrogen) atoms. The number of carbonyl (C=O) groups excluding carboxylic acids is 2. The van der Waals surface area contributed by atoms with Gasteiger partial charge in [0.2, 0.25) is 0 Å². The van der Waals surface area contributed by atoms with E-state index in [2.05, 4.69) is 57.0 Å². The van der Waals surface area contributed by atoms with Crippen LogP contribution >= 0.6 is 23.2 Å². The number of carbonyl (C=O) groups is 2. The molecule has 2 aliphatic rings. The number of hydrogen-bond acceptors (Lipinski definition) is 13. The third-order valence-electron chi connectivity index (χ3n) is 8.47. The predicted molar refractivity (Wildman–Crippen MR) is 200 cm³/mol. The number of amides is 2. The van der Waals surface area contributed by atoms with Gasteiger partial charge in [0.25, 0.3) is 17.4 Å². The van der Waals surface area contributed by atoms with Crippen molar-refractivity contribution in [3.63, 3.8) is 0 Å². The maximum absolute atomic E-state index is 12.4. The molecule has 272 valence electrons. The Balaban J connectivity index is 0.000000228. The number of benzene rings is 2. The molecular weight excluding hydrogens is 750 g/mol. The monoisotopic (exact) mass is 786 g/mol. The molecule has 2 amide bonds. The Kier molecular flexibility index (Phi) is 15.2. The number of anilines is 3. The van der Waals surface area contributed by atoms with E-state index in [1.54, 1.807) is 30.3 Å². The molecule has 5 heterocycles. The minimum absolute atomic E-state index is 0. The Labute approximate surface area is 357 Å². The van der Waals surface area contributed by atoms with Gasteiger partial charge in [-0.2, -0.15) is 0 Å². The standard InChI is InChI=1S/C17H19ClN6O2.C17H17ClN6O.K.H2O/c1-23-7-9-24(10-8-23)16-13(18)20-12(14(19)25)15(21-16)22-17(26)11-5-3-2-4-6-11;1-23-7-9-24(10-8-23)16-13(18)19-12-15(21-16)20-14(22-17(12)25)11-5-3-2-4-6-11;;/h2-6H,7-10H2,1H3,(H2,19,25)(H,21,22,26);2-6H,7-10H2,1H3,(H,20,21,22,25);;1H2/q;;+1;/p-1. The first-order valence-electron chi connectivity index (χ1n) is 16.2. The van der Waals surface area contributed by atoms with E-state index in [0.29, 0.717) is 41.8 Å². The summed E-state index contributed by atoms with van der Waals surface area (Å²) in [7, 11) is 4.12. The van der Waals surface area contributed by atoms with Crippen LogP contribution in [0.3, 0.4) is 0 Å². The molecule has 0 unspecified atom stereocenters. The van der Waals surface area contributed by atoms with Crippen LogP contribution in [0.2, 0.25) is 10.3 Å². The number of halogens is 2. The second kappa shape index (κ2) is 19.1. The Morgan fingerprint density at radius 1 is 0.736 bits per heavy atom. The van der Waals surface area contributed by atoms with Crippen molar-refractivity contribution in [2.75, 3.05) is 81.6 Å². The quantitative estimate of drug-likeness (QED) is 0.191. The Morgan fingerprint density at radius 3 is 1.79 bits per heavy atom. The zero-order valence-electron chi connectivity index (χ0n) is 29.5. The fourth-order valence-electron chi connectivity index (χ4n) is 5.53. The topological polar surface area (TPSA) is 212 Å². The smallest absolute Gasteiger partial charge is 0.870 e. The number of rotatable bonds is 6. The maximum Gasteiger partial charge on any atom is 1.00 e. The van der Waals surface area contributed by atoms with E-state index in [1.165, 1.54) is 0 Å². The number of piperazine rings is 2. The molecule has 7 rings (SSSR count). The largest absolute Gasteiger partial charge is 1.00 e. The van der Waals surface area contributed by atoms with Crippen LogP contribution < -0.4 is 77.8 Å². The predicted octanol–water partition coefficient (Wildman–Crippen LogP) is -0.154. The molecule has 2 aliphatic heterocycles. The summed E-state index contributed by atoms with van der Waals surface area (Å²) in [5.74, 6) is 0.262. The van der Waals surface area contributed by atoms with Gasteiger partial charge in [0, 0.05) is 63.5 Å². The van der Waals surface area contributed by atoms with Gasteiger partial charge in [0.05, 0.1) is 0 Å². The van der Waals surface area contributed by atoms with Gasteiger partial charge in [-0.15, -0.1) is 0 Å². The van der Waals surface area contributed by atoms with Gasteiger partial charge in [-0.3, -0.25) is 14.4 Å². The summed E-state index contributed by atoms with van der Waals surface area (Å²) in [6.07, 6.45) is 0. The van der Waals surface area contributed by atoms with Crippen LogP contribution in [-0.2, 0) is 0 Å². The normalized spacial score (nSPS) is 14.7. The molecule has 0 radical (unpaired) electrons. The number of nitrogens with zero attached hydrogens (tertiary/aromatic N) is 9. The van der Waals surface area contributed by atoms with Crippen molar-refractivity contribution in [1.29, 1.82) is 0 Å². The Bertz CT molecular complexity index is 2100. The summed E-state index contributed by atoms with van der Waals surface area (Å²) in [4.78, 5) is 69.5. The third-order valence-corrected chi connectivity index (χ3v) is 8.98. The summed E-state index contributed by atoms with van der Waals surface area (Å²) in [6.45, 7) is 6.60. The van der Waals surface area contributed by atoms with Crippen molar-refractivity contribution >= 4 is 63.6 Å². The van der Waals surface area contributed by atoms with Gasteiger partial charge in [0.15, 0.2) is 44.6 Å². The van der Waals surface area contributed by atoms with Crippen molar-refractivity contribution in [1.82, 2.24) is 39.7 Å². The molecule has 0 saturated carbocycles. The number of likely N-dealkylation sites (N-methyl/N-ethyl adjacent to an activating group) is 2. The minimum atomic E-state index is -0.812. The van der Waals surface area contributed by atoms with Gasteiger partial charge in [0.1, 0.15) is 5.82 Å². The number of fused-ring (bicyclic) bond motifs is 1. The zero-order chi connectivity index (χ0) is 36.1. The molecular formula is C34H37Cl2KN12O4. The molecule has 0 bridgehead atoms. The first-order valence-corrected chi connectivity index (χ1v) is 17.0. The first-order chi connectivity index (χ1) is 24.6. The number of nitrogens with two attached hydrogens (primary N) is 1. The van der Waals surface area contributed by atoms with E-state index < -0.39 is 11.8 Å². The summed E-state index contributed by atoms with van der Waals surface area (Å²) in [5.41, 5.74) is 6.57. The SMILES string of the molecule is CN1CCN(c2nc(NC(=O)c3ccccc3)c(C(N)=O)nc2Cl)CC1.CN1CCN(c2nc3nc(-c4ccccc4)[nH]c(=O)c3nc2Cl)CC1.[K+].[OH-]. The molecule has 16 nitrogen and oxygen atoms in total. The number of hydrogen-bond donors (Lipinski definition) is 3. The van der Waals surface area contributed by atoms with Crippen LogP contribution in [0.5, 0.6) is 0 Å². The molecule has 2 fully saturated rings. The van der Waals surface area contributed by atoms with Gasteiger partial charge < -0.3 is 41.1 Å². The van der Waals surface area contributed by atoms with Crippen LogP contribution in [0.1, 0.15) is 20.8 Å². The van der Waals surface area contributed by atoms with E-state index in [9.17, 15) is 14.4 Å². The van der Waals surface area contributed by atoms with Crippen LogP contribution in [0.4, 0.5) is 17.5 Å². The number of H-pyrrole nitrogens is 1. The van der Waals surface area contributed by atoms with Crippen molar-refractivity contribution < 1.29 is 66.4 Å². The summed E-state index contributed by atoms with van der Waals surface area (Å²) in [6, 6.07) is 18.1. The van der Waals surface area contributed by atoms with Crippen molar-refractivity contribution in [2.45, 2.75) is 0 Å². The Morgan fingerprint density at radius 2 is 1.25 bits per heavy atom. The average Bonchev–Trinajstić information content (AvgIpc) is 3.14. The number of aromatic amines is 1. The molecule has 0 aliphatic carbocycles. The zero-order valence-corrected chi connectivity index (χ0v) is 34.1. The number of aromatic nitrogens is 6. The van der Waals surface area contributed by atoms with Crippen LogP contribution in [0.25, 0.3) is 22.6 Å². The van der Waals surface area contributed by atoms with E-state index >= 15 is 0 Å². The summed E-state index contributed by atoms with van der Waals surface area (Å²) < 4.78 is 0. The van der Waals surface area contributed by atoms with Gasteiger partial charge >= 0.3 is 51.4 Å². The van der Waals surface area contributed by atoms with Crippen LogP contribution in [0.15, 0.2) is 65.5 Å². The molecule has 5 aromatic rings. The van der Waals surface area contributed by atoms with E-state index in [0.717, 1.165) is 44.8 Å². The van der Waals surface area contributed by atoms with Gasteiger partial charge in [-0.25, -0.2) is 24.9 Å². The molecule has 5 N–H and O–H groups in total. The molecule has 0 atom stereocenters. The molecule has 0 spiro atoms. The molecule has 2 saturated heterocycles. The number of nitrogens with one attached hydrogen (secondary N) is 2. The maximum atomic E-state index is 12.4. The van der Waals surface area contributed by atoms with Crippen LogP contribution in [-0.4, -0.2) is 123 Å². The number of primary amides is 1. The van der Waals surface area contributed by atoms with Crippen LogP contribution in [0, 0.1) is 0 Å². The Hall–Kier alpha value is -3.62. The van der Waals surface area contributed by atoms with E-state index in [4.69, 9.17) is 28.9 Å². The van der Waals surface area contributed by atoms with Crippen molar-refractivity contribution in [2.24, 2.45) is 5.73 Å². The fraction of sp³-hybridized carbons (Fsp3) is 0.294. The summed E-state index contributed by atoms with van der Waals surface area (Å²) >= 11 is 12.5. The second-order valence-electron chi connectivity index (χ2n) is 12.1. The van der Waals surface area contributed by atoms with Gasteiger partial charge in [-0.1, -0.05) is 71.7 Å². The summed E-state index contributed by atoms with van der Waals surface area (Å²) in [5, 5.41) is 2.93. The molecule has 2 aromatic carbocycles. The first kappa shape index (κ1) is 42.1. The molecule has 3 aromatic heterocycles. The van der Waals surface area contributed by atoms with E-state index in [1.807, 2.05) is 42.3 Å². The third kappa shape index (κ3) is 10.3. The fourth-order valence-corrected chi connectivity index (χ4v) is 6.03. The van der Waals surface area contributed by atoms with Crippen molar-refractivity contribution in [3.05, 3.63) is 92.6 Å². The van der Waals surface area contributed by atoms with Gasteiger partial charge in [-0.05, 0) is 26.2 Å². The van der Waals surface area contributed by atoms with E-state index in [-0.39, 0.29) is 89.8 Å². The average molecular weight is 788 g/mol. The molecule has 19 heteroatoms. The second-order valence-corrected chi connectivity index (χ2v) is 12.8.